The number of amides is 1. The molecule has 7 heteroatoms. The Morgan fingerprint density at radius 2 is 1.68 bits per heavy atom. The quantitative estimate of drug-likeness (QED) is 0.389. The van der Waals surface area contributed by atoms with Gasteiger partial charge in [0.15, 0.2) is 5.69 Å². The number of hydrogen-bond acceptors (Lipinski definition) is 5. The Hall–Kier alpha value is -4.26. The number of benzene rings is 3. The van der Waals surface area contributed by atoms with E-state index < -0.39 is 5.91 Å². The predicted octanol–water partition coefficient (Wildman–Crippen LogP) is 3.28. The van der Waals surface area contributed by atoms with Gasteiger partial charge in [-0.25, -0.2) is 10.1 Å². The number of para-hydroxylation sites is 1. The van der Waals surface area contributed by atoms with Gasteiger partial charge in [-0.05, 0) is 23.8 Å². The molecule has 7 nitrogen and oxygen atoms in total. The van der Waals surface area contributed by atoms with Crippen LogP contribution in [-0.2, 0) is 13.7 Å². The zero-order valence-electron chi connectivity index (χ0n) is 16.9. The molecule has 4 aromatic rings. The molecule has 3 aromatic carbocycles. The summed E-state index contributed by atoms with van der Waals surface area (Å²) in [4.78, 5) is 24.9. The van der Waals surface area contributed by atoms with E-state index in [0.29, 0.717) is 23.1 Å². The van der Waals surface area contributed by atoms with E-state index in [4.69, 9.17) is 4.74 Å². The van der Waals surface area contributed by atoms with E-state index >= 15 is 0 Å². The van der Waals surface area contributed by atoms with E-state index in [1.807, 2.05) is 54.6 Å². The second kappa shape index (κ2) is 9.04. The summed E-state index contributed by atoms with van der Waals surface area (Å²) in [5, 5.41) is 9.06. The monoisotopic (exact) mass is 412 g/mol. The maximum atomic E-state index is 12.7. The van der Waals surface area contributed by atoms with Gasteiger partial charge in [0.1, 0.15) is 12.4 Å². The third kappa shape index (κ3) is 4.51. The molecule has 0 bridgehead atoms. The molecule has 1 heterocycles. The lowest BCUT2D eigenvalue weighted by atomic mass is 10.1. The van der Waals surface area contributed by atoms with Crippen LogP contribution in [0.25, 0.3) is 10.8 Å². The first kappa shape index (κ1) is 20.0. The summed E-state index contributed by atoms with van der Waals surface area (Å²) >= 11 is 0. The van der Waals surface area contributed by atoms with Crippen molar-refractivity contribution in [1.82, 2.24) is 15.2 Å². The van der Waals surface area contributed by atoms with Crippen molar-refractivity contribution in [2.45, 2.75) is 6.61 Å². The first-order valence-electron chi connectivity index (χ1n) is 9.68. The summed E-state index contributed by atoms with van der Waals surface area (Å²) in [6.45, 7) is 0.423. The molecule has 0 aliphatic carbocycles. The van der Waals surface area contributed by atoms with Crippen LogP contribution in [0.5, 0.6) is 5.75 Å². The topological polar surface area (TPSA) is 85.6 Å². The molecule has 31 heavy (non-hydrogen) atoms. The van der Waals surface area contributed by atoms with Crippen molar-refractivity contribution in [2.24, 2.45) is 12.1 Å². The first-order chi connectivity index (χ1) is 15.1. The molecule has 0 fully saturated rings. The number of fused-ring (bicyclic) bond motifs is 1. The van der Waals surface area contributed by atoms with Crippen LogP contribution in [0.1, 0.15) is 21.6 Å². The minimum Gasteiger partial charge on any atom is -0.488 e. The van der Waals surface area contributed by atoms with Gasteiger partial charge in [-0.3, -0.25) is 9.59 Å². The van der Waals surface area contributed by atoms with Gasteiger partial charge in [0, 0.05) is 18.0 Å². The zero-order chi connectivity index (χ0) is 21.6. The second-order valence-corrected chi connectivity index (χ2v) is 6.83. The Kier molecular flexibility index (Phi) is 5.84. The first-order valence-corrected chi connectivity index (χ1v) is 9.68. The van der Waals surface area contributed by atoms with Crippen LogP contribution < -0.4 is 15.7 Å². The van der Waals surface area contributed by atoms with E-state index in [9.17, 15) is 9.59 Å². The van der Waals surface area contributed by atoms with Gasteiger partial charge in [0.2, 0.25) is 0 Å². The molecule has 0 atom stereocenters. The number of rotatable bonds is 6. The molecule has 0 saturated carbocycles. The summed E-state index contributed by atoms with van der Waals surface area (Å²) in [5.74, 6) is 0.140. The Labute approximate surface area is 178 Å². The lowest BCUT2D eigenvalue weighted by molar-refractivity contribution is 0.0950. The minimum absolute atomic E-state index is 0.128. The van der Waals surface area contributed by atoms with Gasteiger partial charge in [-0.2, -0.15) is 10.2 Å². The van der Waals surface area contributed by atoms with Gasteiger partial charge in [0.05, 0.1) is 11.6 Å². The van der Waals surface area contributed by atoms with Crippen molar-refractivity contribution in [3.05, 3.63) is 106 Å². The SMILES string of the molecule is Cn1nc(C(=O)N/N=C\c2ccccc2OCc2ccccc2)c2ccccc2c1=O. The normalized spacial score (nSPS) is 11.0. The maximum absolute atomic E-state index is 12.7. The fraction of sp³-hybridized carbons (Fsp3) is 0.0833. The minimum atomic E-state index is -0.509. The van der Waals surface area contributed by atoms with Crippen LogP contribution in [0.4, 0.5) is 0 Å². The van der Waals surface area contributed by atoms with E-state index in [1.54, 1.807) is 24.3 Å². The lowest BCUT2D eigenvalue weighted by Gasteiger charge is -2.09. The van der Waals surface area contributed by atoms with Crippen LogP contribution >= 0.6 is 0 Å². The highest BCUT2D eigenvalue weighted by Gasteiger charge is 2.15. The molecular formula is C24H20N4O3. The Morgan fingerprint density at radius 1 is 1.00 bits per heavy atom. The summed E-state index contributed by atoms with van der Waals surface area (Å²) < 4.78 is 7.04. The van der Waals surface area contributed by atoms with Gasteiger partial charge < -0.3 is 4.74 Å². The number of aromatic nitrogens is 2. The summed E-state index contributed by atoms with van der Waals surface area (Å²) in [5.41, 5.74) is 4.12. The third-order valence-electron chi connectivity index (χ3n) is 4.70. The Morgan fingerprint density at radius 3 is 2.48 bits per heavy atom. The van der Waals surface area contributed by atoms with Crippen LogP contribution in [0.15, 0.2) is 88.8 Å². The number of aryl methyl sites for hydroxylation is 1. The molecule has 0 spiro atoms. The van der Waals surface area contributed by atoms with Gasteiger partial charge in [0.25, 0.3) is 11.5 Å². The molecule has 0 saturated heterocycles. The average molecular weight is 412 g/mol. The molecule has 154 valence electrons. The predicted molar refractivity (Wildman–Crippen MR) is 119 cm³/mol. The Balaban J connectivity index is 1.51. The summed E-state index contributed by atoms with van der Waals surface area (Å²) in [6, 6.07) is 24.1. The third-order valence-corrected chi connectivity index (χ3v) is 4.70. The number of hydrogen-bond donors (Lipinski definition) is 1. The Bertz CT molecular complexity index is 1310. The van der Waals surface area contributed by atoms with Crippen molar-refractivity contribution in [3.8, 4) is 5.75 Å². The smallest absolute Gasteiger partial charge is 0.292 e. The molecule has 0 aliphatic heterocycles. The molecule has 4 rings (SSSR count). The fourth-order valence-corrected chi connectivity index (χ4v) is 3.13. The van der Waals surface area contributed by atoms with Gasteiger partial charge >= 0.3 is 0 Å². The van der Waals surface area contributed by atoms with Crippen molar-refractivity contribution in [2.75, 3.05) is 0 Å². The second-order valence-electron chi connectivity index (χ2n) is 6.83. The van der Waals surface area contributed by atoms with Crippen molar-refractivity contribution < 1.29 is 9.53 Å². The number of nitrogens with zero attached hydrogens (tertiary/aromatic N) is 3. The average Bonchev–Trinajstić information content (AvgIpc) is 2.81. The molecule has 0 unspecified atom stereocenters. The highest BCUT2D eigenvalue weighted by molar-refractivity contribution is 6.05. The lowest BCUT2D eigenvalue weighted by Crippen LogP contribution is -2.27. The zero-order valence-corrected chi connectivity index (χ0v) is 16.9. The van der Waals surface area contributed by atoms with Crippen LogP contribution in [0, 0.1) is 0 Å². The molecule has 1 amide bonds. The largest absolute Gasteiger partial charge is 0.488 e. The highest BCUT2D eigenvalue weighted by Crippen LogP contribution is 2.18. The standard InChI is InChI=1S/C24H20N4O3/c1-28-24(30)20-13-7-6-12-19(20)22(27-28)23(29)26-25-15-18-11-5-8-14-21(18)31-16-17-9-3-2-4-10-17/h2-15H,16H2,1H3,(H,26,29)/b25-15-. The van der Waals surface area contributed by atoms with Gasteiger partial charge in [-0.15, -0.1) is 0 Å². The van der Waals surface area contributed by atoms with E-state index in [-0.39, 0.29) is 11.3 Å². The molecule has 1 N–H and O–H groups in total. The van der Waals surface area contributed by atoms with E-state index in [1.165, 1.54) is 13.3 Å². The number of hydrazone groups is 1. The maximum Gasteiger partial charge on any atom is 0.292 e. The van der Waals surface area contributed by atoms with Crippen molar-refractivity contribution in [3.63, 3.8) is 0 Å². The molecule has 1 aromatic heterocycles. The highest BCUT2D eigenvalue weighted by atomic mass is 16.5. The molecular weight excluding hydrogens is 392 g/mol. The molecule has 0 radical (unpaired) electrons. The molecule has 0 aliphatic rings. The van der Waals surface area contributed by atoms with Crippen LogP contribution in [0.3, 0.4) is 0 Å². The van der Waals surface area contributed by atoms with E-state index in [0.717, 1.165) is 15.8 Å². The van der Waals surface area contributed by atoms with Crippen molar-refractivity contribution in [1.29, 1.82) is 0 Å². The van der Waals surface area contributed by atoms with Gasteiger partial charge in [-0.1, -0.05) is 60.7 Å². The van der Waals surface area contributed by atoms with Crippen molar-refractivity contribution >= 4 is 22.9 Å². The fourth-order valence-electron chi connectivity index (χ4n) is 3.13. The van der Waals surface area contributed by atoms with E-state index in [2.05, 4.69) is 15.6 Å². The summed E-state index contributed by atoms with van der Waals surface area (Å²) in [7, 11) is 1.51. The number of carbonyl (C=O) groups excluding carboxylic acids is 1. The number of nitrogens with one attached hydrogen (secondary N) is 1. The van der Waals surface area contributed by atoms with Crippen LogP contribution in [0.2, 0.25) is 0 Å². The van der Waals surface area contributed by atoms with Crippen LogP contribution in [-0.4, -0.2) is 21.9 Å². The number of carbonyl (C=O) groups is 1. The number of ether oxygens (including phenoxy) is 1. The summed E-state index contributed by atoms with van der Waals surface area (Å²) in [6.07, 6.45) is 1.52.